The first-order valence-corrected chi connectivity index (χ1v) is 8.57. The van der Waals surface area contributed by atoms with E-state index in [4.69, 9.17) is 14.2 Å². The number of rotatable bonds is 12. The molecule has 0 spiro atoms. The van der Waals surface area contributed by atoms with E-state index in [1.807, 2.05) is 6.92 Å². The Morgan fingerprint density at radius 1 is 1.18 bits per heavy atom. The molecular formula is C16H33N3O3. The number of nitrogens with zero attached hydrogens (tertiary/aromatic N) is 1. The van der Waals surface area contributed by atoms with Gasteiger partial charge in [0, 0.05) is 46.6 Å². The van der Waals surface area contributed by atoms with Crippen LogP contribution in [0.4, 0.5) is 0 Å². The van der Waals surface area contributed by atoms with Gasteiger partial charge in [-0.1, -0.05) is 0 Å². The van der Waals surface area contributed by atoms with Gasteiger partial charge in [0.05, 0.1) is 12.6 Å². The van der Waals surface area contributed by atoms with Crippen molar-refractivity contribution in [2.75, 3.05) is 53.2 Å². The van der Waals surface area contributed by atoms with E-state index in [0.717, 1.165) is 84.1 Å². The van der Waals surface area contributed by atoms with Gasteiger partial charge in [-0.05, 0) is 39.0 Å². The van der Waals surface area contributed by atoms with Crippen LogP contribution in [0.25, 0.3) is 0 Å². The first kappa shape index (κ1) is 19.2. The summed E-state index contributed by atoms with van der Waals surface area (Å²) in [5.41, 5.74) is 0. The minimum atomic E-state index is 0.288. The van der Waals surface area contributed by atoms with Crippen molar-refractivity contribution in [2.45, 2.75) is 45.1 Å². The molecule has 1 rings (SSSR count). The minimum Gasteiger partial charge on any atom is -0.385 e. The molecule has 1 aliphatic rings. The molecule has 0 aromatic rings. The molecule has 1 fully saturated rings. The summed E-state index contributed by atoms with van der Waals surface area (Å²) in [5.74, 6) is 0.879. The molecule has 0 radical (unpaired) electrons. The highest BCUT2D eigenvalue weighted by molar-refractivity contribution is 5.79. The smallest absolute Gasteiger partial charge is 0.191 e. The fraction of sp³-hybridized carbons (Fsp3) is 0.938. The number of unbranched alkanes of at least 4 members (excludes halogenated alkanes) is 1. The van der Waals surface area contributed by atoms with E-state index in [0.29, 0.717) is 0 Å². The zero-order valence-electron chi connectivity index (χ0n) is 14.2. The van der Waals surface area contributed by atoms with Crippen LogP contribution in [0.2, 0.25) is 0 Å². The third-order valence-electron chi connectivity index (χ3n) is 3.51. The Labute approximate surface area is 135 Å². The quantitative estimate of drug-likeness (QED) is 0.325. The third-order valence-corrected chi connectivity index (χ3v) is 3.51. The van der Waals surface area contributed by atoms with Gasteiger partial charge in [0.25, 0.3) is 0 Å². The van der Waals surface area contributed by atoms with Crippen molar-refractivity contribution >= 4 is 5.96 Å². The predicted octanol–water partition coefficient (Wildman–Crippen LogP) is 1.55. The van der Waals surface area contributed by atoms with Crippen molar-refractivity contribution in [2.24, 2.45) is 4.99 Å². The molecule has 0 unspecified atom stereocenters. The monoisotopic (exact) mass is 315 g/mol. The Bertz CT molecular complexity index is 266. The Hall–Kier alpha value is -0.850. The van der Waals surface area contributed by atoms with Gasteiger partial charge >= 0.3 is 0 Å². The molecule has 2 N–H and O–H groups in total. The lowest BCUT2D eigenvalue weighted by Gasteiger charge is -2.14. The molecule has 0 bridgehead atoms. The van der Waals surface area contributed by atoms with Crippen molar-refractivity contribution in [1.29, 1.82) is 0 Å². The number of nitrogens with one attached hydrogen (secondary N) is 2. The van der Waals surface area contributed by atoms with Crippen molar-refractivity contribution in [3.05, 3.63) is 0 Å². The molecule has 1 aliphatic heterocycles. The summed E-state index contributed by atoms with van der Waals surface area (Å²) in [6.45, 7) is 7.78. The summed E-state index contributed by atoms with van der Waals surface area (Å²) in [6, 6.07) is 0. The van der Waals surface area contributed by atoms with E-state index in [2.05, 4.69) is 15.6 Å². The largest absolute Gasteiger partial charge is 0.385 e. The maximum absolute atomic E-state index is 5.62. The van der Waals surface area contributed by atoms with Crippen LogP contribution >= 0.6 is 0 Å². The number of guanidine groups is 1. The van der Waals surface area contributed by atoms with Crippen molar-refractivity contribution in [1.82, 2.24) is 10.6 Å². The van der Waals surface area contributed by atoms with Crippen LogP contribution in [0.5, 0.6) is 0 Å². The molecule has 0 amide bonds. The van der Waals surface area contributed by atoms with E-state index < -0.39 is 0 Å². The third kappa shape index (κ3) is 9.97. The van der Waals surface area contributed by atoms with Crippen LogP contribution < -0.4 is 10.6 Å². The molecule has 0 aromatic heterocycles. The van der Waals surface area contributed by atoms with Gasteiger partial charge in [-0.15, -0.1) is 0 Å². The van der Waals surface area contributed by atoms with Crippen molar-refractivity contribution in [3.63, 3.8) is 0 Å². The fourth-order valence-electron chi connectivity index (χ4n) is 2.26. The number of ether oxygens (including phenoxy) is 3. The zero-order valence-corrected chi connectivity index (χ0v) is 14.2. The van der Waals surface area contributed by atoms with Gasteiger partial charge in [0.2, 0.25) is 0 Å². The standard InChI is InChI=1S/C16H33N3O3/c1-3-21-12-7-10-18-16(17-9-4-5-11-20-2)19-14-15-8-6-13-22-15/h15H,3-14H2,1-2H3,(H2,17,18,19)/t15-/m1/s1. The number of methoxy groups -OCH3 is 1. The molecule has 1 heterocycles. The maximum Gasteiger partial charge on any atom is 0.191 e. The molecule has 1 atom stereocenters. The van der Waals surface area contributed by atoms with Gasteiger partial charge in [-0.2, -0.15) is 0 Å². The van der Waals surface area contributed by atoms with E-state index in [1.54, 1.807) is 7.11 Å². The van der Waals surface area contributed by atoms with E-state index in [9.17, 15) is 0 Å². The van der Waals surface area contributed by atoms with Crippen LogP contribution in [-0.4, -0.2) is 65.2 Å². The first-order valence-electron chi connectivity index (χ1n) is 8.57. The molecular weight excluding hydrogens is 282 g/mol. The van der Waals surface area contributed by atoms with Crippen molar-refractivity contribution in [3.8, 4) is 0 Å². The highest BCUT2D eigenvalue weighted by Crippen LogP contribution is 2.11. The SMILES string of the molecule is CCOCCCNC(=NC[C@H]1CCCO1)NCCCCOC. The summed E-state index contributed by atoms with van der Waals surface area (Å²) in [5, 5.41) is 6.75. The van der Waals surface area contributed by atoms with E-state index in [1.165, 1.54) is 0 Å². The average molecular weight is 315 g/mol. The molecule has 22 heavy (non-hydrogen) atoms. The van der Waals surface area contributed by atoms with Gasteiger partial charge in [-0.3, -0.25) is 4.99 Å². The fourth-order valence-corrected chi connectivity index (χ4v) is 2.26. The molecule has 6 nitrogen and oxygen atoms in total. The number of hydrogen-bond donors (Lipinski definition) is 2. The van der Waals surface area contributed by atoms with Gasteiger partial charge in [0.1, 0.15) is 0 Å². The Balaban J connectivity index is 2.23. The van der Waals surface area contributed by atoms with E-state index in [-0.39, 0.29) is 6.10 Å². The molecule has 0 saturated carbocycles. The lowest BCUT2D eigenvalue weighted by atomic mass is 10.2. The normalized spacial score (nSPS) is 18.6. The summed E-state index contributed by atoms with van der Waals surface area (Å²) < 4.78 is 16.0. The molecule has 0 aliphatic carbocycles. The lowest BCUT2D eigenvalue weighted by Crippen LogP contribution is -2.39. The van der Waals surface area contributed by atoms with Crippen LogP contribution in [-0.2, 0) is 14.2 Å². The van der Waals surface area contributed by atoms with Crippen LogP contribution in [0.3, 0.4) is 0 Å². The summed E-state index contributed by atoms with van der Waals surface area (Å²) in [4.78, 5) is 4.64. The van der Waals surface area contributed by atoms with Gasteiger partial charge < -0.3 is 24.8 Å². The zero-order chi connectivity index (χ0) is 15.9. The predicted molar refractivity (Wildman–Crippen MR) is 89.5 cm³/mol. The Kier molecular flexibility index (Phi) is 12.0. The second-order valence-electron chi connectivity index (χ2n) is 5.43. The van der Waals surface area contributed by atoms with Crippen molar-refractivity contribution < 1.29 is 14.2 Å². The summed E-state index contributed by atoms with van der Waals surface area (Å²) in [7, 11) is 1.74. The minimum absolute atomic E-state index is 0.288. The lowest BCUT2D eigenvalue weighted by molar-refractivity contribution is 0.117. The second-order valence-corrected chi connectivity index (χ2v) is 5.43. The number of hydrogen-bond acceptors (Lipinski definition) is 4. The summed E-state index contributed by atoms with van der Waals surface area (Å²) >= 11 is 0. The van der Waals surface area contributed by atoms with E-state index >= 15 is 0 Å². The maximum atomic E-state index is 5.62. The van der Waals surface area contributed by atoms with Gasteiger partial charge in [0.15, 0.2) is 5.96 Å². The highest BCUT2D eigenvalue weighted by atomic mass is 16.5. The van der Waals surface area contributed by atoms with Crippen LogP contribution in [0.15, 0.2) is 4.99 Å². The highest BCUT2D eigenvalue weighted by Gasteiger charge is 2.14. The molecule has 6 heteroatoms. The topological polar surface area (TPSA) is 64.1 Å². The molecule has 1 saturated heterocycles. The average Bonchev–Trinajstić information content (AvgIpc) is 3.04. The van der Waals surface area contributed by atoms with Crippen LogP contribution in [0.1, 0.15) is 39.0 Å². The molecule has 130 valence electrons. The second kappa shape index (κ2) is 13.8. The Morgan fingerprint density at radius 3 is 2.68 bits per heavy atom. The molecule has 0 aromatic carbocycles. The Morgan fingerprint density at radius 2 is 2.00 bits per heavy atom. The first-order chi connectivity index (χ1) is 10.9. The number of aliphatic imine (C=N–C) groups is 1. The summed E-state index contributed by atoms with van der Waals surface area (Å²) in [6.07, 6.45) is 5.69. The van der Waals surface area contributed by atoms with Gasteiger partial charge in [-0.25, -0.2) is 0 Å². The van der Waals surface area contributed by atoms with Crippen LogP contribution in [0, 0.1) is 0 Å².